The van der Waals surface area contributed by atoms with Crippen LogP contribution in [0.1, 0.15) is 24.6 Å². The lowest BCUT2D eigenvalue weighted by atomic mass is 10.1. The van der Waals surface area contributed by atoms with Gasteiger partial charge < -0.3 is 4.74 Å². The molecule has 0 amide bonds. The van der Waals surface area contributed by atoms with Crippen LogP contribution in [0, 0.1) is 0 Å². The summed E-state index contributed by atoms with van der Waals surface area (Å²) in [6.45, 7) is 1.22. The summed E-state index contributed by atoms with van der Waals surface area (Å²) in [5.74, 6) is -0.523. The van der Waals surface area contributed by atoms with Gasteiger partial charge in [-0.25, -0.2) is 0 Å². The third-order valence-electron chi connectivity index (χ3n) is 2.59. The second-order valence-corrected chi connectivity index (χ2v) is 4.84. The topological polar surface area (TPSA) is 26.3 Å². The number of carbonyl (C=O) groups is 1. The Labute approximate surface area is 94.0 Å². The van der Waals surface area contributed by atoms with Crippen molar-refractivity contribution >= 4 is 17.3 Å². The number of ether oxygens (including phenoxy) is 1. The Morgan fingerprint density at radius 3 is 2.50 bits per heavy atom. The molecule has 1 fully saturated rings. The van der Waals surface area contributed by atoms with Crippen molar-refractivity contribution in [3.63, 3.8) is 0 Å². The van der Waals surface area contributed by atoms with Gasteiger partial charge in [-0.05, 0) is 25.0 Å². The highest BCUT2D eigenvalue weighted by Crippen LogP contribution is 2.60. The van der Waals surface area contributed by atoms with Crippen LogP contribution in [-0.2, 0) is 10.2 Å². The molecule has 0 saturated heterocycles. The summed E-state index contributed by atoms with van der Waals surface area (Å²) in [7, 11) is 0. The van der Waals surface area contributed by atoms with Gasteiger partial charge in [-0.2, -0.15) is 13.2 Å². The van der Waals surface area contributed by atoms with Crippen molar-refractivity contribution in [2.24, 2.45) is 0 Å². The molecule has 88 valence electrons. The molecular weight excluding hydrogens is 241 g/mol. The number of rotatable bonds is 2. The third kappa shape index (κ3) is 1.81. The van der Waals surface area contributed by atoms with Crippen molar-refractivity contribution in [1.82, 2.24) is 0 Å². The van der Waals surface area contributed by atoms with Crippen molar-refractivity contribution in [2.75, 3.05) is 0 Å². The average Bonchev–Trinajstić information content (AvgIpc) is 2.82. The molecule has 0 radical (unpaired) electrons. The van der Waals surface area contributed by atoms with E-state index in [0.717, 1.165) is 11.3 Å². The van der Waals surface area contributed by atoms with E-state index in [4.69, 9.17) is 4.74 Å². The van der Waals surface area contributed by atoms with Crippen molar-refractivity contribution < 1.29 is 22.7 Å². The zero-order valence-electron chi connectivity index (χ0n) is 8.43. The minimum Gasteiger partial charge on any atom is -0.416 e. The number of hydrogen-bond acceptors (Lipinski definition) is 3. The second-order valence-electron chi connectivity index (χ2n) is 3.79. The van der Waals surface area contributed by atoms with Crippen LogP contribution in [0.5, 0.6) is 5.06 Å². The Kier molecular flexibility index (Phi) is 2.49. The molecule has 0 atom stereocenters. The zero-order chi connectivity index (χ0) is 12.0. The fraction of sp³-hybridized carbons (Fsp3) is 0.500. The van der Waals surface area contributed by atoms with Crippen molar-refractivity contribution in [2.45, 2.75) is 31.4 Å². The van der Waals surface area contributed by atoms with E-state index in [-0.39, 0.29) is 22.8 Å². The molecule has 0 unspecified atom stereocenters. The molecule has 2 rings (SSSR count). The molecule has 0 spiro atoms. The van der Waals surface area contributed by atoms with Crippen LogP contribution in [-0.4, -0.2) is 12.1 Å². The van der Waals surface area contributed by atoms with Gasteiger partial charge in [0.1, 0.15) is 5.41 Å². The number of carbonyl (C=O) groups excluding carboxylic acids is 1. The highest BCUT2D eigenvalue weighted by molar-refractivity contribution is 7.14. The van der Waals surface area contributed by atoms with E-state index in [9.17, 15) is 18.0 Å². The van der Waals surface area contributed by atoms with E-state index >= 15 is 0 Å². The number of thiophene rings is 1. The van der Waals surface area contributed by atoms with E-state index < -0.39 is 17.6 Å². The lowest BCUT2D eigenvalue weighted by Crippen LogP contribution is -2.27. The van der Waals surface area contributed by atoms with Gasteiger partial charge in [-0.3, -0.25) is 4.79 Å². The van der Waals surface area contributed by atoms with Gasteiger partial charge in [-0.1, -0.05) is 0 Å². The molecule has 1 aliphatic rings. The van der Waals surface area contributed by atoms with Crippen LogP contribution in [0.25, 0.3) is 0 Å². The monoisotopic (exact) mass is 250 g/mol. The summed E-state index contributed by atoms with van der Waals surface area (Å²) < 4.78 is 43.0. The van der Waals surface area contributed by atoms with E-state index in [1.807, 2.05) is 0 Å². The first-order valence-corrected chi connectivity index (χ1v) is 5.52. The van der Waals surface area contributed by atoms with Crippen molar-refractivity contribution in [3.05, 3.63) is 17.0 Å². The fourth-order valence-corrected chi connectivity index (χ4v) is 2.73. The molecule has 0 N–H and O–H groups in total. The molecule has 0 bridgehead atoms. The highest BCUT2D eigenvalue weighted by atomic mass is 32.1. The van der Waals surface area contributed by atoms with Crippen molar-refractivity contribution in [1.29, 1.82) is 0 Å². The molecule has 6 heteroatoms. The molecule has 0 aromatic carbocycles. The minimum absolute atomic E-state index is 0.122. The summed E-state index contributed by atoms with van der Waals surface area (Å²) in [6.07, 6.45) is -3.97. The predicted octanol–water partition coefficient (Wildman–Crippen LogP) is 3.27. The van der Waals surface area contributed by atoms with Gasteiger partial charge in [-0.15, -0.1) is 11.3 Å². The first-order valence-electron chi connectivity index (χ1n) is 4.71. The Morgan fingerprint density at radius 2 is 2.06 bits per heavy atom. The second kappa shape index (κ2) is 3.48. The summed E-state index contributed by atoms with van der Waals surface area (Å²) >= 11 is 0.894. The van der Waals surface area contributed by atoms with Crippen LogP contribution in [0.2, 0.25) is 0 Å². The predicted molar refractivity (Wildman–Crippen MR) is 52.6 cm³/mol. The average molecular weight is 250 g/mol. The van der Waals surface area contributed by atoms with Gasteiger partial charge in [0.2, 0.25) is 0 Å². The van der Waals surface area contributed by atoms with Gasteiger partial charge >= 0.3 is 12.1 Å². The molecule has 0 aliphatic heterocycles. The molecule has 16 heavy (non-hydrogen) atoms. The van der Waals surface area contributed by atoms with Crippen LogP contribution in [0.4, 0.5) is 13.2 Å². The van der Waals surface area contributed by atoms with Gasteiger partial charge in [0.25, 0.3) is 0 Å². The van der Waals surface area contributed by atoms with Crippen LogP contribution < -0.4 is 4.74 Å². The Bertz CT molecular complexity index is 418. The highest BCUT2D eigenvalue weighted by Gasteiger charge is 2.65. The van der Waals surface area contributed by atoms with E-state index in [2.05, 4.69) is 0 Å². The number of hydrogen-bond donors (Lipinski definition) is 0. The zero-order valence-corrected chi connectivity index (χ0v) is 9.24. The smallest absolute Gasteiger partial charge is 0.399 e. The lowest BCUT2D eigenvalue weighted by molar-refractivity contribution is -0.159. The maximum atomic E-state index is 12.8. The molecule has 1 aromatic heterocycles. The first-order chi connectivity index (χ1) is 7.35. The third-order valence-corrected chi connectivity index (χ3v) is 3.76. The summed E-state index contributed by atoms with van der Waals surface area (Å²) in [4.78, 5) is 10.9. The van der Waals surface area contributed by atoms with Gasteiger partial charge in [0.15, 0.2) is 5.06 Å². The minimum atomic E-state index is -4.22. The standard InChI is InChI=1S/C10H9F3O2S/c1-6(14)15-8-3-2-7(16-8)9(4-5-9)10(11,12)13/h2-3H,4-5H2,1H3. The maximum absolute atomic E-state index is 12.8. The quantitative estimate of drug-likeness (QED) is 0.753. The molecule has 1 aromatic rings. The summed E-state index contributed by atoms with van der Waals surface area (Å²) in [6, 6.07) is 2.80. The lowest BCUT2D eigenvalue weighted by Gasteiger charge is -2.16. The Morgan fingerprint density at radius 1 is 1.44 bits per heavy atom. The van der Waals surface area contributed by atoms with E-state index in [0.29, 0.717) is 0 Å². The molecule has 1 saturated carbocycles. The Hall–Kier alpha value is -1.04. The normalized spacial score (nSPS) is 18.2. The number of halogens is 3. The SMILES string of the molecule is CC(=O)Oc1ccc(C2(C(F)(F)F)CC2)s1. The van der Waals surface area contributed by atoms with E-state index in [1.54, 1.807) is 0 Å². The number of alkyl halides is 3. The summed E-state index contributed by atoms with van der Waals surface area (Å²) in [5.41, 5.74) is -1.68. The fourth-order valence-electron chi connectivity index (χ4n) is 1.57. The van der Waals surface area contributed by atoms with Crippen molar-refractivity contribution in [3.8, 4) is 5.06 Å². The van der Waals surface area contributed by atoms with E-state index in [1.165, 1.54) is 19.1 Å². The van der Waals surface area contributed by atoms with Crippen LogP contribution in [0.15, 0.2) is 12.1 Å². The summed E-state index contributed by atoms with van der Waals surface area (Å²) in [5, 5.41) is 0.220. The first kappa shape index (κ1) is 11.4. The molecule has 2 nitrogen and oxygen atoms in total. The van der Waals surface area contributed by atoms with Crippen LogP contribution >= 0.6 is 11.3 Å². The Balaban J connectivity index is 2.23. The largest absolute Gasteiger partial charge is 0.416 e. The molecule has 1 aliphatic carbocycles. The molecular formula is C10H9F3O2S. The number of esters is 1. The molecule has 1 heterocycles. The van der Waals surface area contributed by atoms with Gasteiger partial charge in [0, 0.05) is 11.8 Å². The van der Waals surface area contributed by atoms with Gasteiger partial charge in [0.05, 0.1) is 0 Å². The maximum Gasteiger partial charge on any atom is 0.399 e. The van der Waals surface area contributed by atoms with Crippen LogP contribution in [0.3, 0.4) is 0 Å².